The Hall–Kier alpha value is -2.44. The summed E-state index contributed by atoms with van der Waals surface area (Å²) in [6, 6.07) is 10.5. The molecular weight excluding hydrogens is 453 g/mol. The number of rotatable bonds is 5. The number of nitrogens with zero attached hydrogens (tertiary/aromatic N) is 3. The third-order valence-corrected chi connectivity index (χ3v) is 7.35. The van der Waals surface area contributed by atoms with Gasteiger partial charge in [0.2, 0.25) is 5.91 Å². The first-order valence-corrected chi connectivity index (χ1v) is 12.4. The van der Waals surface area contributed by atoms with Crippen LogP contribution in [-0.4, -0.2) is 55.9 Å². The van der Waals surface area contributed by atoms with Gasteiger partial charge in [-0.1, -0.05) is 17.7 Å². The van der Waals surface area contributed by atoms with Crippen molar-refractivity contribution >= 4 is 34.6 Å². The van der Waals surface area contributed by atoms with Crippen LogP contribution in [0.2, 0.25) is 5.02 Å². The first kappa shape index (κ1) is 24.7. The van der Waals surface area contributed by atoms with Crippen LogP contribution in [-0.2, 0) is 9.53 Å². The third-order valence-electron chi connectivity index (χ3n) is 7.02. The van der Waals surface area contributed by atoms with E-state index in [1.807, 2.05) is 36.9 Å². The fourth-order valence-corrected chi connectivity index (χ4v) is 5.17. The van der Waals surface area contributed by atoms with Gasteiger partial charge in [0.15, 0.2) is 0 Å². The van der Waals surface area contributed by atoms with Crippen molar-refractivity contribution in [1.29, 1.82) is 0 Å². The SMILES string of the molecule is COC1CCN(C(=O)[C@@H]2CCCN(c3ccc(Cl)c(C(C)=Nc4cc(F)ccc4C)c3)C2)CC1. The third kappa shape index (κ3) is 5.61. The zero-order chi connectivity index (χ0) is 24.2. The summed E-state index contributed by atoms with van der Waals surface area (Å²) in [5, 5.41) is 0.602. The Bertz CT molecular complexity index is 1070. The van der Waals surface area contributed by atoms with Gasteiger partial charge < -0.3 is 14.5 Å². The molecule has 2 saturated heterocycles. The van der Waals surface area contributed by atoms with Gasteiger partial charge in [0.05, 0.1) is 17.7 Å². The number of ether oxygens (including phenoxy) is 1. The molecule has 0 spiro atoms. The number of aliphatic imine (C=N–C) groups is 1. The lowest BCUT2D eigenvalue weighted by molar-refractivity contribution is -0.138. The van der Waals surface area contributed by atoms with E-state index in [2.05, 4.69) is 9.89 Å². The maximum absolute atomic E-state index is 13.7. The smallest absolute Gasteiger partial charge is 0.227 e. The summed E-state index contributed by atoms with van der Waals surface area (Å²) in [4.78, 5) is 22.1. The van der Waals surface area contributed by atoms with Gasteiger partial charge >= 0.3 is 0 Å². The van der Waals surface area contributed by atoms with Gasteiger partial charge in [0.25, 0.3) is 0 Å². The Morgan fingerprint density at radius 1 is 1.12 bits per heavy atom. The minimum Gasteiger partial charge on any atom is -0.381 e. The summed E-state index contributed by atoms with van der Waals surface area (Å²) in [7, 11) is 1.74. The number of piperidine rings is 2. The topological polar surface area (TPSA) is 45.1 Å². The van der Waals surface area contributed by atoms with Crippen LogP contribution in [0.4, 0.5) is 15.8 Å². The Kier molecular flexibility index (Phi) is 7.89. The van der Waals surface area contributed by atoms with Crippen molar-refractivity contribution in [2.24, 2.45) is 10.9 Å². The molecule has 0 radical (unpaired) electrons. The van der Waals surface area contributed by atoms with E-state index >= 15 is 0 Å². The summed E-state index contributed by atoms with van der Waals surface area (Å²) in [6.45, 7) is 6.94. The van der Waals surface area contributed by atoms with Crippen LogP contribution >= 0.6 is 11.6 Å². The highest BCUT2D eigenvalue weighted by Gasteiger charge is 2.31. The molecule has 182 valence electrons. The van der Waals surface area contributed by atoms with Gasteiger partial charge in [0.1, 0.15) is 5.82 Å². The van der Waals surface area contributed by atoms with Gasteiger partial charge in [0, 0.05) is 55.3 Å². The molecule has 34 heavy (non-hydrogen) atoms. The average molecular weight is 486 g/mol. The number of anilines is 1. The van der Waals surface area contributed by atoms with Crippen LogP contribution in [0.3, 0.4) is 0 Å². The Labute approximate surface area is 206 Å². The van der Waals surface area contributed by atoms with Crippen molar-refractivity contribution in [1.82, 2.24) is 4.90 Å². The molecule has 2 aliphatic heterocycles. The van der Waals surface area contributed by atoms with Crippen LogP contribution < -0.4 is 4.90 Å². The number of carbonyl (C=O) groups is 1. The van der Waals surface area contributed by atoms with Crippen molar-refractivity contribution in [2.45, 2.75) is 45.6 Å². The summed E-state index contributed by atoms with van der Waals surface area (Å²) in [5.74, 6) is -0.0584. The maximum Gasteiger partial charge on any atom is 0.227 e. The number of hydrogen-bond acceptors (Lipinski definition) is 4. The van der Waals surface area contributed by atoms with Crippen LogP contribution in [0.25, 0.3) is 0 Å². The standard InChI is InChI=1S/C27H33ClFN3O2/c1-18-6-7-21(29)15-26(18)30-19(2)24-16-22(8-9-25(24)28)32-12-4-5-20(17-32)27(33)31-13-10-23(34-3)11-14-31/h6-9,15-16,20,23H,4-5,10-14,17H2,1-3H3/t20-/m1/s1. The zero-order valence-electron chi connectivity index (χ0n) is 20.2. The fourth-order valence-electron chi connectivity index (χ4n) is 4.91. The van der Waals surface area contributed by atoms with Crippen LogP contribution in [0.1, 0.15) is 43.7 Å². The fraction of sp³-hybridized carbons (Fsp3) is 0.481. The Morgan fingerprint density at radius 3 is 2.62 bits per heavy atom. The van der Waals surface area contributed by atoms with E-state index in [0.717, 1.165) is 67.8 Å². The van der Waals surface area contributed by atoms with Gasteiger partial charge in [-0.05, 0) is 75.4 Å². The molecule has 4 rings (SSSR count). The second kappa shape index (κ2) is 10.9. The first-order valence-electron chi connectivity index (χ1n) is 12.0. The molecule has 7 heteroatoms. The highest BCUT2D eigenvalue weighted by atomic mass is 35.5. The molecule has 0 unspecified atom stereocenters. The number of likely N-dealkylation sites (tertiary alicyclic amines) is 1. The number of aryl methyl sites for hydroxylation is 1. The van der Waals surface area contributed by atoms with E-state index < -0.39 is 0 Å². The first-order chi connectivity index (χ1) is 16.4. The molecule has 0 bridgehead atoms. The molecule has 0 aromatic heterocycles. The molecule has 0 saturated carbocycles. The molecule has 2 fully saturated rings. The number of halogens is 2. The highest BCUT2D eigenvalue weighted by molar-refractivity contribution is 6.34. The quantitative estimate of drug-likeness (QED) is 0.504. The molecular formula is C27H33ClFN3O2. The van der Waals surface area contributed by atoms with Gasteiger partial charge in [-0.3, -0.25) is 9.79 Å². The normalized spacial score (nSPS) is 20.0. The Morgan fingerprint density at radius 2 is 1.88 bits per heavy atom. The molecule has 1 atom stereocenters. The van der Waals surface area contributed by atoms with Crippen molar-refractivity contribution in [3.63, 3.8) is 0 Å². The van der Waals surface area contributed by atoms with E-state index in [1.54, 1.807) is 13.2 Å². The average Bonchev–Trinajstić information content (AvgIpc) is 2.86. The molecule has 0 N–H and O–H groups in total. The number of amides is 1. The summed E-state index contributed by atoms with van der Waals surface area (Å²) in [5.41, 5.74) is 4.07. The van der Waals surface area contributed by atoms with Crippen molar-refractivity contribution in [3.05, 3.63) is 58.4 Å². The number of hydrogen-bond donors (Lipinski definition) is 0. The van der Waals surface area contributed by atoms with Crippen molar-refractivity contribution < 1.29 is 13.9 Å². The zero-order valence-corrected chi connectivity index (χ0v) is 20.9. The molecule has 0 aliphatic carbocycles. The van der Waals surface area contributed by atoms with E-state index in [0.29, 0.717) is 17.3 Å². The lowest BCUT2D eigenvalue weighted by Gasteiger charge is -2.38. The monoisotopic (exact) mass is 485 g/mol. The molecule has 1 amide bonds. The second-order valence-corrected chi connectivity index (χ2v) is 9.74. The van der Waals surface area contributed by atoms with Gasteiger partial charge in [-0.15, -0.1) is 0 Å². The molecule has 2 aliphatic rings. The van der Waals surface area contributed by atoms with Crippen LogP contribution in [0.5, 0.6) is 0 Å². The summed E-state index contributed by atoms with van der Waals surface area (Å²) >= 11 is 6.53. The van der Waals surface area contributed by atoms with Crippen molar-refractivity contribution in [2.75, 3.05) is 38.2 Å². The lowest BCUT2D eigenvalue weighted by Crippen LogP contribution is -2.48. The largest absolute Gasteiger partial charge is 0.381 e. The minimum absolute atomic E-state index is 0.00307. The minimum atomic E-state index is -0.313. The van der Waals surface area contributed by atoms with E-state index in [-0.39, 0.29) is 23.7 Å². The van der Waals surface area contributed by atoms with Crippen molar-refractivity contribution in [3.8, 4) is 0 Å². The second-order valence-electron chi connectivity index (χ2n) is 9.34. The molecule has 2 aromatic rings. The molecule has 2 heterocycles. The maximum atomic E-state index is 13.7. The number of benzene rings is 2. The van der Waals surface area contributed by atoms with Crippen LogP contribution in [0.15, 0.2) is 41.4 Å². The Balaban J connectivity index is 1.50. The lowest BCUT2D eigenvalue weighted by atomic mass is 9.94. The van der Waals surface area contributed by atoms with Gasteiger partial charge in [-0.2, -0.15) is 0 Å². The summed E-state index contributed by atoms with van der Waals surface area (Å²) in [6.07, 6.45) is 3.96. The number of methoxy groups -OCH3 is 1. The van der Waals surface area contributed by atoms with E-state index in [4.69, 9.17) is 16.3 Å². The van der Waals surface area contributed by atoms with Crippen LogP contribution in [0, 0.1) is 18.7 Å². The van der Waals surface area contributed by atoms with E-state index in [1.165, 1.54) is 12.1 Å². The highest BCUT2D eigenvalue weighted by Crippen LogP contribution is 2.30. The predicted octanol–water partition coefficient (Wildman–Crippen LogP) is 5.78. The molecule has 5 nitrogen and oxygen atoms in total. The van der Waals surface area contributed by atoms with Gasteiger partial charge in [-0.25, -0.2) is 4.39 Å². The van der Waals surface area contributed by atoms with E-state index in [9.17, 15) is 9.18 Å². The number of carbonyl (C=O) groups excluding carboxylic acids is 1. The summed E-state index contributed by atoms with van der Waals surface area (Å²) < 4.78 is 19.2. The molecule has 2 aromatic carbocycles. The predicted molar refractivity (Wildman–Crippen MR) is 136 cm³/mol.